The first-order chi connectivity index (χ1) is 17.0. The standard InChI is InChI=1S/C26H26ClN5O2S/c1-4-14-35-17(5-2)15-28-24(33)22-16(3)29-25(31-23(22)18-10-6-7-11-19(18)27)32-26-30-20-12-8-9-13-21(20)34-26/h4-14,23H,15H2,1-3H3,(H,28,33)(H2,29,30,31,32)/b14-4-,17-5-. The average molecular weight is 508 g/mol. The number of aromatic nitrogens is 1. The number of oxazole rings is 1. The van der Waals surface area contributed by atoms with Gasteiger partial charge in [0.05, 0.1) is 5.57 Å². The number of hydrogen-bond donors (Lipinski definition) is 3. The normalized spacial score (nSPS) is 16.4. The Labute approximate surface area is 213 Å². The third kappa shape index (κ3) is 5.78. The topological polar surface area (TPSA) is 91.6 Å². The lowest BCUT2D eigenvalue weighted by Gasteiger charge is -2.27. The van der Waals surface area contributed by atoms with Crippen molar-refractivity contribution >= 4 is 52.3 Å². The minimum atomic E-state index is -0.617. The van der Waals surface area contributed by atoms with Crippen molar-refractivity contribution in [2.24, 2.45) is 4.99 Å². The molecule has 1 aliphatic heterocycles. The van der Waals surface area contributed by atoms with Gasteiger partial charge in [-0.15, -0.1) is 11.8 Å². The quantitative estimate of drug-likeness (QED) is 0.355. The molecule has 0 aliphatic carbocycles. The highest BCUT2D eigenvalue weighted by Crippen LogP contribution is 2.35. The molecule has 3 aromatic rings. The lowest BCUT2D eigenvalue weighted by molar-refractivity contribution is -0.117. The van der Waals surface area contributed by atoms with E-state index in [4.69, 9.17) is 21.0 Å². The van der Waals surface area contributed by atoms with E-state index in [0.29, 0.717) is 40.4 Å². The molecule has 1 aromatic heterocycles. The summed E-state index contributed by atoms with van der Waals surface area (Å²) in [6.07, 6.45) is 3.94. The number of benzene rings is 2. The minimum Gasteiger partial charge on any atom is -0.423 e. The highest BCUT2D eigenvalue weighted by molar-refractivity contribution is 8.05. The molecule has 2 aromatic carbocycles. The lowest BCUT2D eigenvalue weighted by atomic mass is 9.95. The number of nitrogens with one attached hydrogen (secondary N) is 3. The van der Waals surface area contributed by atoms with Gasteiger partial charge in [0.15, 0.2) is 5.58 Å². The molecule has 0 radical (unpaired) electrons. The second kappa shape index (κ2) is 11.3. The van der Waals surface area contributed by atoms with E-state index in [9.17, 15) is 4.79 Å². The molecule has 3 N–H and O–H groups in total. The van der Waals surface area contributed by atoms with Crippen LogP contribution in [0.25, 0.3) is 11.1 Å². The number of aliphatic imine (C=N–C) groups is 1. The van der Waals surface area contributed by atoms with Crippen molar-refractivity contribution in [3.8, 4) is 0 Å². The molecular weight excluding hydrogens is 482 g/mol. The summed E-state index contributed by atoms with van der Waals surface area (Å²) < 4.78 is 5.78. The van der Waals surface area contributed by atoms with Crippen LogP contribution in [0.2, 0.25) is 5.02 Å². The van der Waals surface area contributed by atoms with Gasteiger partial charge in [-0.1, -0.05) is 54.1 Å². The fourth-order valence-electron chi connectivity index (χ4n) is 3.61. The Kier molecular flexibility index (Phi) is 7.94. The van der Waals surface area contributed by atoms with Crippen LogP contribution in [0.5, 0.6) is 0 Å². The summed E-state index contributed by atoms with van der Waals surface area (Å²) in [6.45, 7) is 6.16. The SMILES string of the molecule is C/C=C\S/C(=C\C)CNC(=O)C1=C(C)NC(Nc2nc3ccccc3o2)=NC1c1ccccc1Cl. The maximum absolute atomic E-state index is 13.4. The Morgan fingerprint density at radius 1 is 1.20 bits per heavy atom. The van der Waals surface area contributed by atoms with Crippen molar-refractivity contribution in [2.75, 3.05) is 11.9 Å². The third-order valence-electron chi connectivity index (χ3n) is 5.31. The number of nitrogens with zero attached hydrogens (tertiary/aromatic N) is 2. The fourth-order valence-corrected chi connectivity index (χ4v) is 4.45. The number of hydrogen-bond acceptors (Lipinski definition) is 7. The Balaban J connectivity index is 1.62. The zero-order valence-electron chi connectivity index (χ0n) is 19.6. The first-order valence-electron chi connectivity index (χ1n) is 11.1. The summed E-state index contributed by atoms with van der Waals surface area (Å²) in [5, 5.41) is 11.8. The second-order valence-electron chi connectivity index (χ2n) is 7.70. The van der Waals surface area contributed by atoms with E-state index in [1.807, 2.05) is 80.8 Å². The molecular formula is C26H26ClN5O2S. The zero-order chi connectivity index (χ0) is 24.8. The number of rotatable bonds is 7. The maximum atomic E-state index is 13.4. The van der Waals surface area contributed by atoms with Gasteiger partial charge in [0.2, 0.25) is 5.96 Å². The molecule has 180 valence electrons. The van der Waals surface area contributed by atoms with Crippen molar-refractivity contribution in [1.82, 2.24) is 15.6 Å². The monoisotopic (exact) mass is 507 g/mol. The highest BCUT2D eigenvalue weighted by Gasteiger charge is 2.31. The maximum Gasteiger partial charge on any atom is 0.302 e. The van der Waals surface area contributed by atoms with Gasteiger partial charge < -0.3 is 15.1 Å². The molecule has 1 amide bonds. The van der Waals surface area contributed by atoms with E-state index < -0.39 is 6.04 Å². The first-order valence-corrected chi connectivity index (χ1v) is 12.4. The largest absolute Gasteiger partial charge is 0.423 e. The number of allylic oxidation sites excluding steroid dienone is 3. The van der Waals surface area contributed by atoms with Crippen LogP contribution in [0.15, 0.2) is 91.7 Å². The predicted molar refractivity (Wildman–Crippen MR) is 144 cm³/mol. The molecule has 7 nitrogen and oxygen atoms in total. The van der Waals surface area contributed by atoms with Crippen LogP contribution in [0.1, 0.15) is 32.4 Å². The van der Waals surface area contributed by atoms with Crippen molar-refractivity contribution in [1.29, 1.82) is 0 Å². The summed E-state index contributed by atoms with van der Waals surface area (Å²) >= 11 is 8.10. The van der Waals surface area contributed by atoms with Gasteiger partial charge in [-0.3, -0.25) is 10.1 Å². The number of anilines is 1. The molecule has 0 saturated heterocycles. The van der Waals surface area contributed by atoms with Gasteiger partial charge in [0, 0.05) is 27.7 Å². The number of halogens is 1. The predicted octanol–water partition coefficient (Wildman–Crippen LogP) is 6.15. The summed E-state index contributed by atoms with van der Waals surface area (Å²) in [5.74, 6) is 0.193. The van der Waals surface area contributed by atoms with Gasteiger partial charge >= 0.3 is 6.01 Å². The smallest absolute Gasteiger partial charge is 0.302 e. The van der Waals surface area contributed by atoms with Gasteiger partial charge in [0.25, 0.3) is 5.91 Å². The Bertz CT molecular complexity index is 1330. The van der Waals surface area contributed by atoms with E-state index in [-0.39, 0.29) is 5.91 Å². The molecule has 35 heavy (non-hydrogen) atoms. The van der Waals surface area contributed by atoms with E-state index in [0.717, 1.165) is 16.0 Å². The van der Waals surface area contributed by atoms with Crippen LogP contribution in [0.3, 0.4) is 0 Å². The van der Waals surface area contributed by atoms with E-state index >= 15 is 0 Å². The zero-order valence-corrected chi connectivity index (χ0v) is 21.2. The Morgan fingerprint density at radius 2 is 1.97 bits per heavy atom. The lowest BCUT2D eigenvalue weighted by Crippen LogP contribution is -2.39. The van der Waals surface area contributed by atoms with Gasteiger partial charge in [0.1, 0.15) is 11.6 Å². The van der Waals surface area contributed by atoms with Crippen molar-refractivity contribution < 1.29 is 9.21 Å². The second-order valence-corrected chi connectivity index (χ2v) is 9.14. The molecule has 0 saturated carbocycles. The van der Waals surface area contributed by atoms with Crippen LogP contribution in [-0.4, -0.2) is 23.4 Å². The van der Waals surface area contributed by atoms with Crippen molar-refractivity contribution in [3.63, 3.8) is 0 Å². The van der Waals surface area contributed by atoms with Gasteiger partial charge in [-0.25, -0.2) is 4.99 Å². The first kappa shape index (κ1) is 24.6. The molecule has 0 fully saturated rings. The van der Waals surface area contributed by atoms with E-state index in [1.165, 1.54) is 0 Å². The summed E-state index contributed by atoms with van der Waals surface area (Å²) in [6, 6.07) is 14.6. The molecule has 2 heterocycles. The fraction of sp³-hybridized carbons (Fsp3) is 0.192. The molecule has 0 spiro atoms. The molecule has 1 aliphatic rings. The van der Waals surface area contributed by atoms with Crippen LogP contribution < -0.4 is 16.0 Å². The number of amides is 1. The molecule has 1 atom stereocenters. The van der Waals surface area contributed by atoms with Crippen LogP contribution in [0.4, 0.5) is 6.01 Å². The van der Waals surface area contributed by atoms with Crippen LogP contribution in [0, 0.1) is 0 Å². The number of para-hydroxylation sites is 2. The van der Waals surface area contributed by atoms with Crippen LogP contribution in [-0.2, 0) is 4.79 Å². The van der Waals surface area contributed by atoms with Gasteiger partial charge in [-0.2, -0.15) is 4.98 Å². The Hall–Kier alpha value is -3.49. The molecule has 1 unspecified atom stereocenters. The number of carbonyl (C=O) groups excluding carboxylic acids is 1. The number of guanidine groups is 1. The van der Waals surface area contributed by atoms with Crippen molar-refractivity contribution in [2.45, 2.75) is 26.8 Å². The van der Waals surface area contributed by atoms with E-state index in [2.05, 4.69) is 20.9 Å². The Morgan fingerprint density at radius 3 is 2.71 bits per heavy atom. The third-order valence-corrected chi connectivity index (χ3v) is 6.74. The number of fused-ring (bicyclic) bond motifs is 1. The molecule has 0 bridgehead atoms. The average Bonchev–Trinajstić information content (AvgIpc) is 3.26. The molecule has 9 heteroatoms. The number of thioether (sulfide) groups is 1. The number of carbonyl (C=O) groups is 1. The summed E-state index contributed by atoms with van der Waals surface area (Å²) in [4.78, 5) is 23.6. The minimum absolute atomic E-state index is 0.218. The summed E-state index contributed by atoms with van der Waals surface area (Å²) in [7, 11) is 0. The summed E-state index contributed by atoms with van der Waals surface area (Å²) in [5.41, 5.74) is 3.28. The van der Waals surface area contributed by atoms with E-state index in [1.54, 1.807) is 17.8 Å². The molecule has 4 rings (SSSR count). The van der Waals surface area contributed by atoms with Gasteiger partial charge in [-0.05, 0) is 44.4 Å². The van der Waals surface area contributed by atoms with Crippen LogP contribution >= 0.6 is 23.4 Å². The van der Waals surface area contributed by atoms with Crippen molar-refractivity contribution in [3.05, 3.63) is 92.9 Å². The highest BCUT2D eigenvalue weighted by atomic mass is 35.5.